The highest BCUT2D eigenvalue weighted by molar-refractivity contribution is 5.43. The third kappa shape index (κ3) is 0.956. The summed E-state index contributed by atoms with van der Waals surface area (Å²) in [5, 5.41) is 17.7. The van der Waals surface area contributed by atoms with Crippen molar-refractivity contribution >= 4 is 5.65 Å². The Hall–Kier alpha value is -1.46. The van der Waals surface area contributed by atoms with Crippen LogP contribution in [-0.4, -0.2) is 24.6 Å². The highest BCUT2D eigenvalue weighted by Gasteiger charge is 2.10. The van der Waals surface area contributed by atoms with E-state index in [1.54, 1.807) is 22.9 Å². The number of hydrogen-bond acceptors (Lipinski definition) is 4. The van der Waals surface area contributed by atoms with Gasteiger partial charge in [-0.15, -0.1) is 0 Å². The minimum atomic E-state index is -1.56. The molecule has 0 fully saturated rings. The fourth-order valence-electron chi connectivity index (χ4n) is 1.04. The van der Waals surface area contributed by atoms with E-state index in [0.717, 1.165) is 0 Å². The Bertz CT molecular complexity index is 396. The second-order valence-corrected chi connectivity index (χ2v) is 2.35. The number of rotatable bonds is 1. The molecule has 0 unspecified atom stereocenters. The molecule has 0 saturated carbocycles. The van der Waals surface area contributed by atoms with Gasteiger partial charge in [-0.25, -0.2) is 9.97 Å². The van der Waals surface area contributed by atoms with Crippen molar-refractivity contribution in [3.63, 3.8) is 0 Å². The van der Waals surface area contributed by atoms with E-state index in [-0.39, 0.29) is 5.69 Å². The average molecular weight is 165 g/mol. The monoisotopic (exact) mass is 165 g/mol. The number of imidazole rings is 1. The lowest BCUT2D eigenvalue weighted by atomic mass is 10.4. The maximum absolute atomic E-state index is 8.85. The van der Waals surface area contributed by atoms with Gasteiger partial charge >= 0.3 is 0 Å². The summed E-state index contributed by atoms with van der Waals surface area (Å²) in [6, 6.07) is 1.74. The molecule has 5 heteroatoms. The molecule has 0 atom stereocenters. The molecule has 0 saturated heterocycles. The Morgan fingerprint density at radius 1 is 1.33 bits per heavy atom. The van der Waals surface area contributed by atoms with Crippen molar-refractivity contribution in [2.75, 3.05) is 0 Å². The van der Waals surface area contributed by atoms with Gasteiger partial charge in [0.25, 0.3) is 0 Å². The molecule has 5 nitrogen and oxygen atoms in total. The van der Waals surface area contributed by atoms with E-state index in [1.807, 2.05) is 0 Å². The van der Waals surface area contributed by atoms with E-state index < -0.39 is 6.29 Å². The summed E-state index contributed by atoms with van der Waals surface area (Å²) in [4.78, 5) is 7.74. The Morgan fingerprint density at radius 2 is 2.17 bits per heavy atom. The normalized spacial score (nSPS) is 11.2. The summed E-state index contributed by atoms with van der Waals surface area (Å²) >= 11 is 0. The molecule has 2 N–H and O–H groups in total. The molecule has 0 spiro atoms. The Morgan fingerprint density at radius 3 is 2.92 bits per heavy atom. The summed E-state index contributed by atoms with van der Waals surface area (Å²) < 4.78 is 1.62. The van der Waals surface area contributed by atoms with E-state index in [2.05, 4.69) is 9.97 Å². The molecule has 2 rings (SSSR count). The van der Waals surface area contributed by atoms with Crippen LogP contribution in [0.5, 0.6) is 0 Å². The van der Waals surface area contributed by atoms with Crippen molar-refractivity contribution in [1.82, 2.24) is 14.4 Å². The summed E-state index contributed by atoms with van der Waals surface area (Å²) in [5.74, 6) is 0. The van der Waals surface area contributed by atoms with Crippen molar-refractivity contribution in [3.8, 4) is 0 Å². The van der Waals surface area contributed by atoms with Gasteiger partial charge in [0.15, 0.2) is 11.9 Å². The van der Waals surface area contributed by atoms with E-state index in [9.17, 15) is 0 Å². The topological polar surface area (TPSA) is 70.7 Å². The molecule has 0 aliphatic heterocycles. The van der Waals surface area contributed by atoms with Crippen molar-refractivity contribution < 1.29 is 10.2 Å². The number of hydrogen-bond donors (Lipinski definition) is 2. The van der Waals surface area contributed by atoms with Crippen LogP contribution in [0.25, 0.3) is 5.65 Å². The molecule has 2 aromatic rings. The predicted molar refractivity (Wildman–Crippen MR) is 40.2 cm³/mol. The number of aliphatic hydroxyl groups is 2. The lowest BCUT2D eigenvalue weighted by Crippen LogP contribution is -1.97. The Labute approximate surface area is 67.9 Å². The maximum atomic E-state index is 8.85. The lowest BCUT2D eigenvalue weighted by molar-refractivity contribution is -0.0445. The Balaban J connectivity index is 2.70. The molecule has 12 heavy (non-hydrogen) atoms. The average Bonchev–Trinajstić information content (AvgIpc) is 2.47. The van der Waals surface area contributed by atoms with Crippen molar-refractivity contribution in [2.45, 2.75) is 6.29 Å². The van der Waals surface area contributed by atoms with Crippen LogP contribution in [0.3, 0.4) is 0 Å². The zero-order valence-corrected chi connectivity index (χ0v) is 6.12. The molecule has 0 aliphatic rings. The summed E-state index contributed by atoms with van der Waals surface area (Å²) in [6.07, 6.45) is 3.23. The summed E-state index contributed by atoms with van der Waals surface area (Å²) in [5.41, 5.74) is 0.642. The van der Waals surface area contributed by atoms with Gasteiger partial charge in [0.1, 0.15) is 12.0 Å². The van der Waals surface area contributed by atoms with E-state index in [4.69, 9.17) is 10.2 Å². The molecule has 0 amide bonds. The molecular weight excluding hydrogens is 158 g/mol. The summed E-state index contributed by atoms with van der Waals surface area (Å²) in [6.45, 7) is 0. The van der Waals surface area contributed by atoms with Gasteiger partial charge in [-0.3, -0.25) is 4.40 Å². The SMILES string of the molecule is OC(O)c1ncn2cccnc12. The van der Waals surface area contributed by atoms with Crippen molar-refractivity contribution in [1.29, 1.82) is 0 Å². The molecule has 0 aliphatic carbocycles. The minimum absolute atomic E-state index is 0.176. The first-order valence-corrected chi connectivity index (χ1v) is 3.43. The molecule has 2 aromatic heterocycles. The van der Waals surface area contributed by atoms with E-state index in [1.165, 1.54) is 6.33 Å². The maximum Gasteiger partial charge on any atom is 0.199 e. The van der Waals surface area contributed by atoms with Crippen LogP contribution in [0.2, 0.25) is 0 Å². The first kappa shape index (κ1) is 7.20. The fraction of sp³-hybridized carbons (Fsp3) is 0.143. The van der Waals surface area contributed by atoms with Gasteiger partial charge < -0.3 is 10.2 Å². The van der Waals surface area contributed by atoms with Gasteiger partial charge in [-0.1, -0.05) is 0 Å². The second kappa shape index (κ2) is 2.54. The first-order chi connectivity index (χ1) is 5.79. The number of nitrogens with zero attached hydrogens (tertiary/aromatic N) is 3. The molecular formula is C7H7N3O2. The van der Waals surface area contributed by atoms with Crippen LogP contribution in [0.4, 0.5) is 0 Å². The lowest BCUT2D eigenvalue weighted by Gasteiger charge is -1.97. The van der Waals surface area contributed by atoms with Crippen LogP contribution in [0, 0.1) is 0 Å². The highest BCUT2D eigenvalue weighted by Crippen LogP contribution is 2.11. The van der Waals surface area contributed by atoms with Crippen LogP contribution in [-0.2, 0) is 0 Å². The number of fused-ring (bicyclic) bond motifs is 1. The largest absolute Gasteiger partial charge is 0.363 e. The summed E-state index contributed by atoms with van der Waals surface area (Å²) in [7, 11) is 0. The van der Waals surface area contributed by atoms with Crippen LogP contribution in [0.15, 0.2) is 24.8 Å². The minimum Gasteiger partial charge on any atom is -0.363 e. The zero-order valence-electron chi connectivity index (χ0n) is 6.12. The quantitative estimate of drug-likeness (QED) is 0.570. The van der Waals surface area contributed by atoms with Crippen LogP contribution >= 0.6 is 0 Å². The van der Waals surface area contributed by atoms with Gasteiger partial charge in [-0.05, 0) is 6.07 Å². The smallest absolute Gasteiger partial charge is 0.199 e. The van der Waals surface area contributed by atoms with E-state index >= 15 is 0 Å². The van der Waals surface area contributed by atoms with Gasteiger partial charge in [0.05, 0.1) is 0 Å². The second-order valence-electron chi connectivity index (χ2n) is 2.35. The fourth-order valence-corrected chi connectivity index (χ4v) is 1.04. The molecule has 0 bridgehead atoms. The molecule has 2 heterocycles. The van der Waals surface area contributed by atoms with Crippen molar-refractivity contribution in [2.24, 2.45) is 0 Å². The zero-order chi connectivity index (χ0) is 8.55. The molecule has 62 valence electrons. The highest BCUT2D eigenvalue weighted by atomic mass is 16.5. The first-order valence-electron chi connectivity index (χ1n) is 3.43. The van der Waals surface area contributed by atoms with Gasteiger partial charge in [0, 0.05) is 12.4 Å². The van der Waals surface area contributed by atoms with Crippen LogP contribution < -0.4 is 0 Å². The van der Waals surface area contributed by atoms with Gasteiger partial charge in [0.2, 0.25) is 0 Å². The van der Waals surface area contributed by atoms with Crippen LogP contribution in [0.1, 0.15) is 12.0 Å². The molecule has 0 aromatic carbocycles. The van der Waals surface area contributed by atoms with E-state index in [0.29, 0.717) is 5.65 Å². The van der Waals surface area contributed by atoms with Gasteiger partial charge in [-0.2, -0.15) is 0 Å². The third-order valence-electron chi connectivity index (χ3n) is 1.57. The molecule has 0 radical (unpaired) electrons. The predicted octanol–water partition coefficient (Wildman–Crippen LogP) is -0.287. The number of aromatic nitrogens is 3. The third-order valence-corrected chi connectivity index (χ3v) is 1.57. The number of aliphatic hydroxyl groups excluding tert-OH is 1. The standard InChI is InChI=1S/C7H7N3O2/c11-7(12)5-6-8-2-1-3-10(6)4-9-5/h1-4,7,11-12H. The van der Waals surface area contributed by atoms with Crippen molar-refractivity contribution in [3.05, 3.63) is 30.5 Å². The Kier molecular flexibility index (Phi) is 1.53.